The monoisotopic (exact) mass is 761 g/mol. The van der Waals surface area contributed by atoms with Gasteiger partial charge in [-0.3, -0.25) is 0 Å². The molecule has 6 heteroatoms. The zero-order valence-electron chi connectivity index (χ0n) is 35.3. The first kappa shape index (κ1) is 47.3. The standard InChI is InChI=1S/C46H88N4S2/c1-5-7-9-11-13-15-17-19-21-23-25-27-29-31-33-45(49-37-35-47(3)43-49)41-51-39-40-52-42-46(50-38-36-48(4)44-50)34-32-30-28-26-24-22-20-18-16-14-12-10-8-6-2/h35-38,43-46H,5-34,39-42H2,1-4H3/q+2. The lowest BCUT2D eigenvalue weighted by molar-refractivity contribution is -0.671. The Morgan fingerprint density at radius 3 is 0.923 bits per heavy atom. The number of imidazole rings is 2. The van der Waals surface area contributed by atoms with Gasteiger partial charge in [-0.25, -0.2) is 18.3 Å². The van der Waals surface area contributed by atoms with Gasteiger partial charge in [0.15, 0.2) is 0 Å². The number of unbranched alkanes of at least 4 members (excludes halogenated alkanes) is 26. The SMILES string of the molecule is CCCCCCCCCCCCCCCCC(CSCCSCC(CCCCCCCCCCCCCCCC)n1cc[n+](C)c1)n1cc[n+](C)c1. The van der Waals surface area contributed by atoms with E-state index in [0.717, 1.165) is 0 Å². The van der Waals surface area contributed by atoms with Gasteiger partial charge in [-0.05, 0) is 25.7 Å². The van der Waals surface area contributed by atoms with Crippen molar-refractivity contribution in [2.24, 2.45) is 14.1 Å². The van der Waals surface area contributed by atoms with E-state index in [1.807, 2.05) is 0 Å². The molecule has 2 unspecified atom stereocenters. The van der Waals surface area contributed by atoms with Crippen LogP contribution < -0.4 is 9.13 Å². The smallest absolute Gasteiger partial charge is 0.240 e. The molecule has 2 aromatic rings. The fourth-order valence-electron chi connectivity index (χ4n) is 7.71. The first-order chi connectivity index (χ1) is 25.6. The summed E-state index contributed by atoms with van der Waals surface area (Å²) in [4.78, 5) is 0. The number of aromatic nitrogens is 4. The molecule has 0 radical (unpaired) electrons. The van der Waals surface area contributed by atoms with E-state index in [1.165, 1.54) is 216 Å². The van der Waals surface area contributed by atoms with E-state index in [1.54, 1.807) is 0 Å². The van der Waals surface area contributed by atoms with E-state index in [9.17, 15) is 0 Å². The van der Waals surface area contributed by atoms with Crippen LogP contribution in [-0.4, -0.2) is 32.1 Å². The van der Waals surface area contributed by atoms with Crippen molar-refractivity contribution in [3.05, 3.63) is 37.4 Å². The van der Waals surface area contributed by atoms with Crippen LogP contribution >= 0.6 is 23.5 Å². The zero-order valence-corrected chi connectivity index (χ0v) is 36.9. The van der Waals surface area contributed by atoms with Gasteiger partial charge < -0.3 is 0 Å². The largest absolute Gasteiger partial charge is 0.243 e. The fourth-order valence-corrected chi connectivity index (χ4v) is 10.2. The maximum atomic E-state index is 2.49. The summed E-state index contributed by atoms with van der Waals surface area (Å²) in [5.41, 5.74) is 0. The molecule has 302 valence electrons. The highest BCUT2D eigenvalue weighted by atomic mass is 32.2. The Kier molecular flexibility index (Phi) is 31.5. The maximum absolute atomic E-state index is 2.49. The van der Waals surface area contributed by atoms with Gasteiger partial charge in [-0.1, -0.05) is 181 Å². The highest BCUT2D eigenvalue weighted by Crippen LogP contribution is 2.25. The third kappa shape index (κ3) is 26.0. The van der Waals surface area contributed by atoms with Crippen molar-refractivity contribution in [1.29, 1.82) is 0 Å². The Bertz CT molecular complexity index is 939. The summed E-state index contributed by atoms with van der Waals surface area (Å²) < 4.78 is 9.39. The van der Waals surface area contributed by atoms with E-state index >= 15 is 0 Å². The summed E-state index contributed by atoms with van der Waals surface area (Å²) in [5.74, 6) is 5.00. The molecule has 2 heterocycles. The van der Waals surface area contributed by atoms with Gasteiger partial charge in [0.25, 0.3) is 0 Å². The molecule has 0 bridgehead atoms. The van der Waals surface area contributed by atoms with Crippen molar-refractivity contribution < 1.29 is 9.13 Å². The Morgan fingerprint density at radius 2 is 0.673 bits per heavy atom. The Morgan fingerprint density at radius 1 is 0.404 bits per heavy atom. The summed E-state index contributed by atoms with van der Waals surface area (Å²) in [6, 6.07) is 1.25. The molecule has 0 aromatic carbocycles. The van der Waals surface area contributed by atoms with Gasteiger partial charge >= 0.3 is 0 Å². The second kappa shape index (κ2) is 34.6. The van der Waals surface area contributed by atoms with Crippen LogP contribution in [0.1, 0.15) is 219 Å². The van der Waals surface area contributed by atoms with Crippen molar-refractivity contribution in [1.82, 2.24) is 9.13 Å². The highest BCUT2D eigenvalue weighted by molar-refractivity contribution is 8.02. The maximum Gasteiger partial charge on any atom is 0.243 e. The van der Waals surface area contributed by atoms with Crippen LogP contribution in [0.4, 0.5) is 0 Å². The van der Waals surface area contributed by atoms with Crippen LogP contribution in [-0.2, 0) is 14.1 Å². The lowest BCUT2D eigenvalue weighted by Crippen LogP contribution is -2.25. The van der Waals surface area contributed by atoms with E-state index in [4.69, 9.17) is 0 Å². The second-order valence-corrected chi connectivity index (χ2v) is 18.6. The number of hydrogen-bond donors (Lipinski definition) is 0. The van der Waals surface area contributed by atoms with Gasteiger partial charge in [-0.15, -0.1) is 0 Å². The molecule has 4 nitrogen and oxygen atoms in total. The molecule has 0 saturated heterocycles. The van der Waals surface area contributed by atoms with Crippen molar-refractivity contribution in [2.45, 2.75) is 219 Å². The quantitative estimate of drug-likeness (QED) is 0.0499. The van der Waals surface area contributed by atoms with Crippen LogP contribution in [0.2, 0.25) is 0 Å². The lowest BCUT2D eigenvalue weighted by Gasteiger charge is -2.15. The molecular formula is C46H88N4S2+2. The molecule has 0 aliphatic rings. The minimum Gasteiger partial charge on any atom is -0.240 e. The third-order valence-corrected chi connectivity index (χ3v) is 13.7. The van der Waals surface area contributed by atoms with E-state index in [0.29, 0.717) is 12.1 Å². The fraction of sp³-hybridized carbons (Fsp3) is 0.870. The molecule has 0 fully saturated rings. The second-order valence-electron chi connectivity index (χ2n) is 16.3. The van der Waals surface area contributed by atoms with Crippen LogP contribution in [0.25, 0.3) is 0 Å². The van der Waals surface area contributed by atoms with E-state index < -0.39 is 0 Å². The van der Waals surface area contributed by atoms with Gasteiger partial charge in [0, 0.05) is 23.0 Å². The molecule has 2 rings (SSSR count). The van der Waals surface area contributed by atoms with Crippen LogP contribution in [0.15, 0.2) is 37.4 Å². The summed E-state index contributed by atoms with van der Waals surface area (Å²) in [6.45, 7) is 4.62. The molecule has 52 heavy (non-hydrogen) atoms. The Hall–Kier alpha value is -0.880. The van der Waals surface area contributed by atoms with Gasteiger partial charge in [0.05, 0.1) is 14.1 Å². The summed E-state index contributed by atoms with van der Waals surface area (Å²) in [6.07, 6.45) is 56.4. The normalized spacial score (nSPS) is 12.9. The average Bonchev–Trinajstić information content (AvgIpc) is 3.79. The minimum atomic E-state index is 0.626. The molecule has 0 amide bonds. The molecule has 0 spiro atoms. The first-order valence-electron chi connectivity index (χ1n) is 22.8. The van der Waals surface area contributed by atoms with E-state index in [-0.39, 0.29) is 0 Å². The van der Waals surface area contributed by atoms with Crippen molar-refractivity contribution in [2.75, 3.05) is 23.0 Å². The number of hydrogen-bond acceptors (Lipinski definition) is 2. The Labute approximate surface area is 333 Å². The highest BCUT2D eigenvalue weighted by Gasteiger charge is 2.18. The van der Waals surface area contributed by atoms with Crippen LogP contribution in [0.5, 0.6) is 0 Å². The average molecular weight is 761 g/mol. The summed E-state index contributed by atoms with van der Waals surface area (Å²) in [5, 5.41) is 0. The lowest BCUT2D eigenvalue weighted by atomic mass is 10.0. The van der Waals surface area contributed by atoms with Crippen molar-refractivity contribution in [3.63, 3.8) is 0 Å². The third-order valence-electron chi connectivity index (χ3n) is 11.2. The predicted molar refractivity (Wildman–Crippen MR) is 234 cm³/mol. The zero-order chi connectivity index (χ0) is 37.2. The molecular weight excluding hydrogens is 673 g/mol. The Balaban J connectivity index is 1.54. The van der Waals surface area contributed by atoms with Gasteiger partial charge in [-0.2, -0.15) is 23.5 Å². The van der Waals surface area contributed by atoms with Crippen molar-refractivity contribution in [3.8, 4) is 0 Å². The topological polar surface area (TPSA) is 17.6 Å². The van der Waals surface area contributed by atoms with Gasteiger partial charge in [0.1, 0.15) is 36.9 Å². The molecule has 0 aliphatic carbocycles. The molecule has 0 saturated carbocycles. The minimum absolute atomic E-state index is 0.626. The molecule has 0 aliphatic heterocycles. The number of nitrogens with zero attached hydrogens (tertiary/aromatic N) is 4. The first-order valence-corrected chi connectivity index (χ1v) is 25.2. The van der Waals surface area contributed by atoms with Crippen molar-refractivity contribution >= 4 is 23.5 Å². The molecule has 0 N–H and O–H groups in total. The van der Waals surface area contributed by atoms with Gasteiger partial charge in [0.2, 0.25) is 12.7 Å². The summed E-state index contributed by atoms with van der Waals surface area (Å²) >= 11 is 4.36. The predicted octanol–water partition coefficient (Wildman–Crippen LogP) is 13.9. The molecule has 2 aromatic heterocycles. The van der Waals surface area contributed by atoms with E-state index in [2.05, 4.69) is 107 Å². The van der Waals surface area contributed by atoms with Crippen LogP contribution in [0.3, 0.4) is 0 Å². The summed E-state index contributed by atoms with van der Waals surface area (Å²) in [7, 11) is 4.31. The number of thioether (sulfide) groups is 2. The number of rotatable bonds is 39. The molecule has 2 atom stereocenters. The van der Waals surface area contributed by atoms with Crippen LogP contribution in [0, 0.1) is 0 Å². The number of aryl methyl sites for hydroxylation is 2.